The lowest BCUT2D eigenvalue weighted by molar-refractivity contribution is 0.215. The lowest BCUT2D eigenvalue weighted by atomic mass is 10.2. The van der Waals surface area contributed by atoms with Crippen LogP contribution in [0.1, 0.15) is 5.56 Å². The second-order valence-electron chi connectivity index (χ2n) is 3.93. The zero-order valence-electron chi connectivity index (χ0n) is 10.1. The van der Waals surface area contributed by atoms with Crippen LogP contribution in [0, 0.1) is 6.92 Å². The Balaban J connectivity index is 2.03. The van der Waals surface area contributed by atoms with E-state index >= 15 is 0 Å². The summed E-state index contributed by atoms with van der Waals surface area (Å²) in [5.74, 6) is 0.425. The van der Waals surface area contributed by atoms with Crippen LogP contribution in [0.5, 0.6) is 5.75 Å². The highest BCUT2D eigenvalue weighted by molar-refractivity contribution is 6.31. The molecule has 0 aliphatic heterocycles. The van der Waals surface area contributed by atoms with Crippen molar-refractivity contribution in [3.8, 4) is 5.75 Å². The van der Waals surface area contributed by atoms with Crippen molar-refractivity contribution in [3.05, 3.63) is 58.1 Å². The number of anilines is 1. The van der Waals surface area contributed by atoms with Crippen molar-refractivity contribution >= 4 is 35.0 Å². The van der Waals surface area contributed by atoms with E-state index in [9.17, 15) is 4.79 Å². The van der Waals surface area contributed by atoms with Crippen LogP contribution in [0.2, 0.25) is 10.0 Å². The highest BCUT2D eigenvalue weighted by Crippen LogP contribution is 2.20. The Morgan fingerprint density at radius 3 is 2.32 bits per heavy atom. The monoisotopic (exact) mass is 295 g/mol. The maximum absolute atomic E-state index is 11.7. The third-order valence-electron chi connectivity index (χ3n) is 2.45. The number of benzene rings is 2. The number of hydrogen-bond acceptors (Lipinski definition) is 2. The fraction of sp³-hybridized carbons (Fsp3) is 0.0714. The Kier molecular flexibility index (Phi) is 4.30. The molecule has 2 rings (SSSR count). The summed E-state index contributed by atoms with van der Waals surface area (Å²) in [7, 11) is 0. The molecule has 0 aliphatic rings. The molecule has 0 aliphatic carbocycles. The minimum atomic E-state index is -0.562. The van der Waals surface area contributed by atoms with Gasteiger partial charge in [-0.2, -0.15) is 0 Å². The van der Waals surface area contributed by atoms with Crippen molar-refractivity contribution in [1.82, 2.24) is 0 Å². The summed E-state index contributed by atoms with van der Waals surface area (Å²) in [4.78, 5) is 11.7. The van der Waals surface area contributed by atoms with Gasteiger partial charge in [0.05, 0.1) is 0 Å². The zero-order chi connectivity index (χ0) is 13.8. The first-order chi connectivity index (χ1) is 9.04. The highest BCUT2D eigenvalue weighted by atomic mass is 35.5. The van der Waals surface area contributed by atoms with Gasteiger partial charge >= 0.3 is 6.09 Å². The number of ether oxygens (including phenoxy) is 1. The van der Waals surface area contributed by atoms with Crippen LogP contribution < -0.4 is 10.1 Å². The second kappa shape index (κ2) is 5.95. The molecule has 0 spiro atoms. The van der Waals surface area contributed by atoms with Gasteiger partial charge in [0.1, 0.15) is 5.75 Å². The molecule has 1 N–H and O–H groups in total. The molecule has 0 fully saturated rings. The average Bonchev–Trinajstić information content (AvgIpc) is 2.36. The molecule has 2 aromatic rings. The van der Waals surface area contributed by atoms with E-state index in [-0.39, 0.29) is 0 Å². The predicted octanol–water partition coefficient (Wildman–Crippen LogP) is 4.91. The van der Waals surface area contributed by atoms with Gasteiger partial charge in [-0.25, -0.2) is 4.79 Å². The molecule has 0 atom stereocenters. The van der Waals surface area contributed by atoms with E-state index in [2.05, 4.69) is 5.32 Å². The van der Waals surface area contributed by atoms with Crippen LogP contribution in [0.3, 0.4) is 0 Å². The second-order valence-corrected chi connectivity index (χ2v) is 4.80. The maximum Gasteiger partial charge on any atom is 0.417 e. The summed E-state index contributed by atoms with van der Waals surface area (Å²) in [5.41, 5.74) is 1.52. The van der Waals surface area contributed by atoms with E-state index in [4.69, 9.17) is 27.9 Å². The number of hydrogen-bond donors (Lipinski definition) is 1. The molecule has 5 heteroatoms. The largest absolute Gasteiger partial charge is 0.417 e. The lowest BCUT2D eigenvalue weighted by Crippen LogP contribution is -2.17. The number of carbonyl (C=O) groups excluding carboxylic acids is 1. The van der Waals surface area contributed by atoms with Gasteiger partial charge < -0.3 is 4.74 Å². The maximum atomic E-state index is 11.7. The van der Waals surface area contributed by atoms with Crippen molar-refractivity contribution in [2.75, 3.05) is 5.32 Å². The number of amides is 1. The van der Waals surface area contributed by atoms with Gasteiger partial charge in [-0.1, -0.05) is 23.2 Å². The Morgan fingerprint density at radius 2 is 1.68 bits per heavy atom. The van der Waals surface area contributed by atoms with Crippen LogP contribution in [-0.4, -0.2) is 6.09 Å². The first-order valence-electron chi connectivity index (χ1n) is 5.55. The van der Waals surface area contributed by atoms with Crippen LogP contribution in [0.4, 0.5) is 10.5 Å². The number of nitrogens with one attached hydrogen (secondary N) is 1. The Hall–Kier alpha value is -1.71. The topological polar surface area (TPSA) is 38.3 Å². The summed E-state index contributed by atoms with van der Waals surface area (Å²) in [6.07, 6.45) is -0.562. The minimum Gasteiger partial charge on any atom is -0.410 e. The van der Waals surface area contributed by atoms with Crippen molar-refractivity contribution in [3.63, 3.8) is 0 Å². The van der Waals surface area contributed by atoms with Crippen LogP contribution in [0.15, 0.2) is 42.5 Å². The molecular weight excluding hydrogens is 285 g/mol. The third-order valence-corrected chi connectivity index (χ3v) is 2.94. The molecule has 2 aromatic carbocycles. The Labute approximate surface area is 121 Å². The van der Waals surface area contributed by atoms with E-state index in [1.54, 1.807) is 42.5 Å². The molecular formula is C14H11Cl2NO2. The van der Waals surface area contributed by atoms with Crippen LogP contribution >= 0.6 is 23.2 Å². The molecule has 3 nitrogen and oxygen atoms in total. The van der Waals surface area contributed by atoms with Gasteiger partial charge in [0.15, 0.2) is 0 Å². The number of rotatable bonds is 2. The van der Waals surface area contributed by atoms with E-state index in [1.165, 1.54) is 0 Å². The van der Waals surface area contributed by atoms with Gasteiger partial charge in [0, 0.05) is 15.7 Å². The number of carbonyl (C=O) groups is 1. The molecule has 0 saturated heterocycles. The van der Waals surface area contributed by atoms with Gasteiger partial charge in [-0.05, 0) is 55.0 Å². The summed E-state index contributed by atoms with van der Waals surface area (Å²) in [5, 5.41) is 3.85. The predicted molar refractivity (Wildman–Crippen MR) is 77.3 cm³/mol. The number of aryl methyl sites for hydroxylation is 1. The summed E-state index contributed by atoms with van der Waals surface area (Å²) in [6.45, 7) is 1.85. The summed E-state index contributed by atoms with van der Waals surface area (Å²) >= 11 is 11.6. The van der Waals surface area contributed by atoms with E-state index < -0.39 is 6.09 Å². The first-order valence-corrected chi connectivity index (χ1v) is 6.31. The standard InChI is InChI=1S/C14H11Cl2NO2/c1-9-8-11(16)4-7-13(9)17-14(18)19-12-5-2-10(15)3-6-12/h2-8H,1H3,(H,17,18). The SMILES string of the molecule is Cc1cc(Cl)ccc1NC(=O)Oc1ccc(Cl)cc1. The Morgan fingerprint density at radius 1 is 1.05 bits per heavy atom. The molecule has 0 unspecified atom stereocenters. The minimum absolute atomic E-state index is 0.425. The van der Waals surface area contributed by atoms with Crippen molar-refractivity contribution in [1.29, 1.82) is 0 Å². The smallest absolute Gasteiger partial charge is 0.410 e. The molecule has 98 valence electrons. The molecule has 1 amide bonds. The zero-order valence-corrected chi connectivity index (χ0v) is 11.6. The molecule has 0 aromatic heterocycles. The fourth-order valence-corrected chi connectivity index (χ4v) is 1.87. The number of halogens is 2. The molecule has 0 bridgehead atoms. The van der Waals surface area contributed by atoms with Gasteiger partial charge in [0.2, 0.25) is 0 Å². The molecule has 19 heavy (non-hydrogen) atoms. The Bertz CT molecular complexity index is 597. The fourth-order valence-electron chi connectivity index (χ4n) is 1.51. The lowest BCUT2D eigenvalue weighted by Gasteiger charge is -2.09. The average molecular weight is 296 g/mol. The molecule has 0 heterocycles. The first kappa shape index (κ1) is 13.7. The van der Waals surface area contributed by atoms with Crippen molar-refractivity contribution < 1.29 is 9.53 Å². The van der Waals surface area contributed by atoms with E-state index in [0.717, 1.165) is 5.56 Å². The van der Waals surface area contributed by atoms with Crippen LogP contribution in [0.25, 0.3) is 0 Å². The normalized spacial score (nSPS) is 10.1. The van der Waals surface area contributed by atoms with Gasteiger partial charge in [0.25, 0.3) is 0 Å². The summed E-state index contributed by atoms with van der Waals surface area (Å²) in [6, 6.07) is 11.7. The molecule has 0 saturated carbocycles. The quantitative estimate of drug-likeness (QED) is 0.854. The van der Waals surface area contributed by atoms with E-state index in [1.807, 2.05) is 6.92 Å². The molecule has 0 radical (unpaired) electrons. The van der Waals surface area contributed by atoms with Gasteiger partial charge in [-0.3, -0.25) is 5.32 Å². The van der Waals surface area contributed by atoms with Crippen LogP contribution in [-0.2, 0) is 0 Å². The third kappa shape index (κ3) is 3.88. The highest BCUT2D eigenvalue weighted by Gasteiger charge is 2.07. The van der Waals surface area contributed by atoms with Gasteiger partial charge in [-0.15, -0.1) is 0 Å². The van der Waals surface area contributed by atoms with E-state index in [0.29, 0.717) is 21.5 Å². The summed E-state index contributed by atoms with van der Waals surface area (Å²) < 4.78 is 5.12. The van der Waals surface area contributed by atoms with Crippen molar-refractivity contribution in [2.24, 2.45) is 0 Å². The van der Waals surface area contributed by atoms with Crippen molar-refractivity contribution in [2.45, 2.75) is 6.92 Å².